The Hall–Kier alpha value is -1.42. The van der Waals surface area contributed by atoms with Crippen LogP contribution < -0.4 is 5.56 Å². The standard InChI is InChI=1S/C15H15BrN2O/c16-11-7-5-10(6-8-11)9-14-17-13-4-2-1-3-12(13)15(19)18-14/h5-8H,1-4,9H2,(H,17,18,19). The number of aromatic nitrogens is 2. The number of nitrogens with zero attached hydrogens (tertiary/aromatic N) is 1. The summed E-state index contributed by atoms with van der Waals surface area (Å²) in [6.07, 6.45) is 4.73. The van der Waals surface area contributed by atoms with Crippen molar-refractivity contribution in [3.8, 4) is 0 Å². The Morgan fingerprint density at radius 3 is 2.68 bits per heavy atom. The molecule has 0 radical (unpaired) electrons. The molecule has 0 fully saturated rings. The van der Waals surface area contributed by atoms with Gasteiger partial charge in [0.05, 0.1) is 5.69 Å². The van der Waals surface area contributed by atoms with Gasteiger partial charge in [-0.1, -0.05) is 28.1 Å². The molecule has 1 aromatic heterocycles. The van der Waals surface area contributed by atoms with E-state index in [0.29, 0.717) is 6.42 Å². The summed E-state index contributed by atoms with van der Waals surface area (Å²) in [5.74, 6) is 0.771. The molecular weight excluding hydrogens is 304 g/mol. The summed E-state index contributed by atoms with van der Waals surface area (Å²) in [4.78, 5) is 19.6. The number of hydrogen-bond donors (Lipinski definition) is 1. The van der Waals surface area contributed by atoms with Crippen LogP contribution in [0.15, 0.2) is 33.5 Å². The van der Waals surface area contributed by atoms with Gasteiger partial charge in [0.2, 0.25) is 0 Å². The maximum atomic E-state index is 12.0. The van der Waals surface area contributed by atoms with Crippen molar-refractivity contribution < 1.29 is 0 Å². The zero-order valence-corrected chi connectivity index (χ0v) is 12.2. The van der Waals surface area contributed by atoms with E-state index in [1.54, 1.807) is 0 Å². The highest BCUT2D eigenvalue weighted by Crippen LogP contribution is 2.17. The fraction of sp³-hybridized carbons (Fsp3) is 0.333. The van der Waals surface area contributed by atoms with Gasteiger partial charge in [-0.2, -0.15) is 0 Å². The van der Waals surface area contributed by atoms with Crippen LogP contribution in [0.2, 0.25) is 0 Å². The van der Waals surface area contributed by atoms with Crippen molar-refractivity contribution in [2.75, 3.05) is 0 Å². The van der Waals surface area contributed by atoms with Gasteiger partial charge < -0.3 is 4.98 Å². The number of rotatable bonds is 2. The van der Waals surface area contributed by atoms with Crippen LogP contribution in [0.25, 0.3) is 0 Å². The summed E-state index contributed by atoms with van der Waals surface area (Å²) in [6.45, 7) is 0. The van der Waals surface area contributed by atoms with Crippen molar-refractivity contribution in [1.29, 1.82) is 0 Å². The van der Waals surface area contributed by atoms with E-state index >= 15 is 0 Å². The second-order valence-electron chi connectivity index (χ2n) is 4.95. The largest absolute Gasteiger partial charge is 0.310 e. The normalized spacial score (nSPS) is 14.2. The highest BCUT2D eigenvalue weighted by Gasteiger charge is 2.15. The van der Waals surface area contributed by atoms with E-state index in [4.69, 9.17) is 0 Å². The number of benzene rings is 1. The first kappa shape index (κ1) is 12.6. The fourth-order valence-corrected chi connectivity index (χ4v) is 2.80. The van der Waals surface area contributed by atoms with E-state index in [1.165, 1.54) is 0 Å². The van der Waals surface area contributed by atoms with Gasteiger partial charge >= 0.3 is 0 Å². The second-order valence-corrected chi connectivity index (χ2v) is 5.86. The van der Waals surface area contributed by atoms with Gasteiger partial charge in [-0.25, -0.2) is 4.98 Å². The molecule has 19 heavy (non-hydrogen) atoms. The molecule has 3 rings (SSSR count). The van der Waals surface area contributed by atoms with E-state index in [2.05, 4.69) is 25.9 Å². The van der Waals surface area contributed by atoms with Crippen molar-refractivity contribution in [2.24, 2.45) is 0 Å². The molecule has 1 heterocycles. The number of fused-ring (bicyclic) bond motifs is 1. The smallest absolute Gasteiger partial charge is 0.254 e. The van der Waals surface area contributed by atoms with Gasteiger partial charge in [-0.05, 0) is 43.4 Å². The number of H-pyrrole nitrogens is 1. The van der Waals surface area contributed by atoms with Gasteiger partial charge in [-0.3, -0.25) is 4.79 Å². The summed E-state index contributed by atoms with van der Waals surface area (Å²) < 4.78 is 1.06. The van der Waals surface area contributed by atoms with Gasteiger partial charge in [0, 0.05) is 16.5 Å². The SMILES string of the molecule is O=c1[nH]c(Cc2ccc(Br)cc2)nc2c1CCCC2. The summed E-state index contributed by atoms with van der Waals surface area (Å²) in [7, 11) is 0. The summed E-state index contributed by atoms with van der Waals surface area (Å²) in [5.41, 5.74) is 3.10. The molecule has 0 saturated heterocycles. The Morgan fingerprint density at radius 2 is 1.89 bits per heavy atom. The van der Waals surface area contributed by atoms with E-state index < -0.39 is 0 Å². The number of halogens is 1. The molecule has 0 saturated carbocycles. The minimum atomic E-state index is 0.0526. The first-order valence-electron chi connectivity index (χ1n) is 6.58. The third kappa shape index (κ3) is 2.78. The van der Waals surface area contributed by atoms with E-state index in [9.17, 15) is 4.79 Å². The van der Waals surface area contributed by atoms with Crippen molar-refractivity contribution in [3.05, 3.63) is 61.7 Å². The van der Waals surface area contributed by atoms with Crippen LogP contribution in [-0.4, -0.2) is 9.97 Å². The van der Waals surface area contributed by atoms with Crippen molar-refractivity contribution in [2.45, 2.75) is 32.1 Å². The fourth-order valence-electron chi connectivity index (χ4n) is 2.53. The lowest BCUT2D eigenvalue weighted by molar-refractivity contribution is 0.648. The second kappa shape index (κ2) is 5.29. The molecule has 1 aliphatic carbocycles. The minimum Gasteiger partial charge on any atom is -0.310 e. The van der Waals surface area contributed by atoms with E-state index in [1.807, 2.05) is 24.3 Å². The van der Waals surface area contributed by atoms with E-state index in [0.717, 1.165) is 52.8 Å². The van der Waals surface area contributed by atoms with Crippen LogP contribution >= 0.6 is 15.9 Å². The molecule has 1 aliphatic rings. The molecule has 0 aliphatic heterocycles. The molecule has 0 atom stereocenters. The first-order chi connectivity index (χ1) is 9.22. The van der Waals surface area contributed by atoms with Crippen LogP contribution in [-0.2, 0) is 19.3 Å². The van der Waals surface area contributed by atoms with Crippen LogP contribution in [0.4, 0.5) is 0 Å². The zero-order chi connectivity index (χ0) is 13.2. The van der Waals surface area contributed by atoms with Gasteiger partial charge in [0.25, 0.3) is 5.56 Å². The zero-order valence-electron chi connectivity index (χ0n) is 10.6. The molecule has 1 aromatic carbocycles. The molecule has 0 unspecified atom stereocenters. The maximum absolute atomic E-state index is 12.0. The highest BCUT2D eigenvalue weighted by atomic mass is 79.9. The monoisotopic (exact) mass is 318 g/mol. The topological polar surface area (TPSA) is 45.8 Å². The lowest BCUT2D eigenvalue weighted by atomic mass is 9.97. The lowest BCUT2D eigenvalue weighted by Gasteiger charge is -2.14. The van der Waals surface area contributed by atoms with Gasteiger partial charge in [0.15, 0.2) is 0 Å². The number of aryl methyl sites for hydroxylation is 1. The summed E-state index contributed by atoms with van der Waals surface area (Å²) in [5, 5.41) is 0. The predicted molar refractivity (Wildman–Crippen MR) is 78.4 cm³/mol. The van der Waals surface area contributed by atoms with Crippen molar-refractivity contribution >= 4 is 15.9 Å². The first-order valence-corrected chi connectivity index (χ1v) is 7.37. The Balaban J connectivity index is 1.91. The number of aromatic amines is 1. The molecule has 0 spiro atoms. The molecule has 0 bridgehead atoms. The quantitative estimate of drug-likeness (QED) is 0.925. The molecule has 3 nitrogen and oxygen atoms in total. The van der Waals surface area contributed by atoms with Gasteiger partial charge in [-0.15, -0.1) is 0 Å². The Kier molecular flexibility index (Phi) is 3.51. The molecule has 98 valence electrons. The van der Waals surface area contributed by atoms with E-state index in [-0.39, 0.29) is 5.56 Å². The average molecular weight is 319 g/mol. The molecule has 0 amide bonds. The lowest BCUT2D eigenvalue weighted by Crippen LogP contribution is -2.23. The average Bonchev–Trinajstić information content (AvgIpc) is 2.42. The summed E-state index contributed by atoms with van der Waals surface area (Å²) in [6, 6.07) is 8.10. The van der Waals surface area contributed by atoms with Crippen molar-refractivity contribution in [1.82, 2.24) is 9.97 Å². The summed E-state index contributed by atoms with van der Waals surface area (Å²) >= 11 is 3.42. The third-order valence-electron chi connectivity index (χ3n) is 3.53. The van der Waals surface area contributed by atoms with Crippen LogP contribution in [0.1, 0.15) is 35.5 Å². The third-order valence-corrected chi connectivity index (χ3v) is 4.05. The maximum Gasteiger partial charge on any atom is 0.254 e. The predicted octanol–water partition coefficient (Wildman–Crippen LogP) is 3.00. The van der Waals surface area contributed by atoms with Crippen LogP contribution in [0, 0.1) is 0 Å². The minimum absolute atomic E-state index is 0.0526. The van der Waals surface area contributed by atoms with Crippen LogP contribution in [0.5, 0.6) is 0 Å². The molecule has 4 heteroatoms. The highest BCUT2D eigenvalue weighted by molar-refractivity contribution is 9.10. The van der Waals surface area contributed by atoms with Crippen LogP contribution in [0.3, 0.4) is 0 Å². The molecular formula is C15H15BrN2O. The molecule has 1 N–H and O–H groups in total. The Labute approximate surface area is 120 Å². The Bertz CT molecular complexity index is 646. The number of hydrogen-bond acceptors (Lipinski definition) is 2. The Morgan fingerprint density at radius 1 is 1.16 bits per heavy atom. The van der Waals surface area contributed by atoms with Crippen molar-refractivity contribution in [3.63, 3.8) is 0 Å². The number of nitrogens with one attached hydrogen (secondary N) is 1. The van der Waals surface area contributed by atoms with Gasteiger partial charge in [0.1, 0.15) is 5.82 Å². The molecule has 2 aromatic rings.